The van der Waals surface area contributed by atoms with Crippen molar-refractivity contribution in [2.24, 2.45) is 0 Å². The quantitative estimate of drug-likeness (QED) is 0.299. The van der Waals surface area contributed by atoms with Crippen molar-refractivity contribution in [1.82, 2.24) is 4.98 Å². The molecule has 2 aromatic heterocycles. The molecule has 9 heteroatoms. The number of furan rings is 1. The Morgan fingerprint density at radius 2 is 1.89 bits per heavy atom. The molecule has 5 aromatic rings. The lowest BCUT2D eigenvalue weighted by Gasteiger charge is -2.24. The summed E-state index contributed by atoms with van der Waals surface area (Å²) in [6.07, 6.45) is 0. The van der Waals surface area contributed by atoms with Crippen LogP contribution in [0.4, 0.5) is 9.52 Å². The Bertz CT molecular complexity index is 1690. The third-order valence-corrected chi connectivity index (χ3v) is 7.11. The lowest BCUT2D eigenvalue weighted by Crippen LogP contribution is -2.31. The van der Waals surface area contributed by atoms with Crippen LogP contribution in [-0.4, -0.2) is 28.9 Å². The predicted molar refractivity (Wildman–Crippen MR) is 133 cm³/mol. The number of hydrogen-bond donors (Lipinski definition) is 1. The van der Waals surface area contributed by atoms with Gasteiger partial charge in [-0.15, -0.1) is 0 Å². The number of ketones is 1. The minimum Gasteiger partial charge on any atom is -0.503 e. The lowest BCUT2D eigenvalue weighted by atomic mass is 9.95. The Morgan fingerprint density at radius 3 is 2.67 bits per heavy atom. The predicted octanol–water partition coefficient (Wildman–Crippen LogP) is 5.97. The van der Waals surface area contributed by atoms with Crippen molar-refractivity contribution in [3.8, 4) is 5.75 Å². The first-order valence-corrected chi connectivity index (χ1v) is 11.8. The number of carbonyl (C=O) groups is 2. The first kappa shape index (κ1) is 22.0. The third kappa shape index (κ3) is 3.36. The zero-order valence-electron chi connectivity index (χ0n) is 18.8. The van der Waals surface area contributed by atoms with Gasteiger partial charge in [0.1, 0.15) is 23.2 Å². The zero-order chi connectivity index (χ0) is 25.0. The molecule has 0 spiro atoms. The fourth-order valence-corrected chi connectivity index (χ4v) is 5.40. The van der Waals surface area contributed by atoms with E-state index in [0.717, 1.165) is 9.60 Å². The Morgan fingerprint density at radius 1 is 1.11 bits per heavy atom. The molecule has 1 aliphatic rings. The summed E-state index contributed by atoms with van der Waals surface area (Å²) in [5.41, 5.74) is 0.837. The molecule has 0 aliphatic carbocycles. The van der Waals surface area contributed by atoms with Crippen molar-refractivity contribution < 1.29 is 28.2 Å². The molecule has 1 atom stereocenters. The van der Waals surface area contributed by atoms with Crippen LogP contribution in [0, 0.1) is 5.82 Å². The highest BCUT2D eigenvalue weighted by atomic mass is 32.1. The van der Waals surface area contributed by atoms with E-state index in [2.05, 4.69) is 4.98 Å². The van der Waals surface area contributed by atoms with Gasteiger partial charge in [-0.25, -0.2) is 9.37 Å². The lowest BCUT2D eigenvalue weighted by molar-refractivity contribution is -0.117. The van der Waals surface area contributed by atoms with E-state index >= 15 is 4.39 Å². The molecule has 0 radical (unpaired) electrons. The van der Waals surface area contributed by atoms with Gasteiger partial charge in [-0.05, 0) is 36.4 Å². The maximum absolute atomic E-state index is 15.1. The summed E-state index contributed by atoms with van der Waals surface area (Å²) < 4.78 is 26.8. The number of para-hydroxylation sites is 1. The van der Waals surface area contributed by atoms with Crippen LogP contribution < -0.4 is 9.64 Å². The van der Waals surface area contributed by atoms with Crippen molar-refractivity contribution in [2.45, 2.75) is 6.04 Å². The molecule has 1 N–H and O–H groups in total. The number of aromatic nitrogens is 1. The van der Waals surface area contributed by atoms with Crippen LogP contribution in [-0.2, 0) is 4.79 Å². The highest BCUT2D eigenvalue weighted by Gasteiger charge is 2.47. The second-order valence-electron chi connectivity index (χ2n) is 8.17. The van der Waals surface area contributed by atoms with Crippen molar-refractivity contribution in [3.05, 3.63) is 101 Å². The Labute approximate surface area is 207 Å². The van der Waals surface area contributed by atoms with Gasteiger partial charge >= 0.3 is 0 Å². The third-order valence-electron chi connectivity index (χ3n) is 6.09. The van der Waals surface area contributed by atoms with Gasteiger partial charge in [0.15, 0.2) is 16.7 Å². The summed E-state index contributed by atoms with van der Waals surface area (Å²) >= 11 is 1.17. The number of aliphatic hydroxyl groups is 1. The van der Waals surface area contributed by atoms with E-state index < -0.39 is 29.3 Å². The minimum absolute atomic E-state index is 0.0474. The number of nitrogens with zero attached hydrogens (tertiary/aromatic N) is 2. The van der Waals surface area contributed by atoms with Gasteiger partial charge in [0, 0.05) is 10.9 Å². The Balaban J connectivity index is 1.52. The number of amides is 1. The first-order chi connectivity index (χ1) is 17.5. The molecule has 7 nitrogen and oxygen atoms in total. The highest BCUT2D eigenvalue weighted by molar-refractivity contribution is 7.22. The van der Waals surface area contributed by atoms with Gasteiger partial charge in [0.25, 0.3) is 5.91 Å². The summed E-state index contributed by atoms with van der Waals surface area (Å²) in [6, 6.07) is 18.4. The van der Waals surface area contributed by atoms with Gasteiger partial charge < -0.3 is 14.3 Å². The second kappa shape index (κ2) is 8.31. The number of fused-ring (bicyclic) bond motifs is 2. The minimum atomic E-state index is -1.25. The van der Waals surface area contributed by atoms with Crippen LogP contribution >= 0.6 is 11.3 Å². The van der Waals surface area contributed by atoms with Crippen molar-refractivity contribution in [2.75, 3.05) is 12.0 Å². The van der Waals surface area contributed by atoms with Crippen molar-refractivity contribution in [3.63, 3.8) is 0 Å². The summed E-state index contributed by atoms with van der Waals surface area (Å²) in [5, 5.41) is 11.8. The molecule has 1 amide bonds. The molecule has 0 fully saturated rings. The molecular weight excluding hydrogens is 483 g/mol. The molecule has 1 unspecified atom stereocenters. The summed E-state index contributed by atoms with van der Waals surface area (Å²) in [5.74, 6) is -2.43. The van der Waals surface area contributed by atoms with E-state index in [1.807, 2.05) is 0 Å². The standard InChI is InChI=1S/C27H17FN2O5S/c1-34-15-10-11-18-21(13-15)36-27(29-18)30-23(16-7-3-4-8-17(16)28)22(25(32)26(30)33)24(31)20-12-14-6-2-5-9-19(14)35-20/h2-13,23,32H,1H3. The van der Waals surface area contributed by atoms with E-state index in [9.17, 15) is 14.7 Å². The van der Waals surface area contributed by atoms with Crippen LogP contribution in [0.2, 0.25) is 0 Å². The zero-order valence-corrected chi connectivity index (χ0v) is 19.6. The average molecular weight is 501 g/mol. The van der Waals surface area contributed by atoms with E-state index in [-0.39, 0.29) is 22.0 Å². The van der Waals surface area contributed by atoms with E-state index in [1.54, 1.807) is 55.6 Å². The number of halogens is 1. The average Bonchev–Trinajstić information content (AvgIpc) is 3.57. The number of anilines is 1. The van der Waals surface area contributed by atoms with Crippen LogP contribution in [0.3, 0.4) is 0 Å². The molecule has 0 saturated heterocycles. The summed E-state index contributed by atoms with van der Waals surface area (Å²) in [6.45, 7) is 0. The van der Waals surface area contributed by atoms with Gasteiger partial charge in [0.05, 0.1) is 22.9 Å². The molecule has 0 bridgehead atoms. The monoisotopic (exact) mass is 500 g/mol. The Hall–Kier alpha value is -4.50. The van der Waals surface area contributed by atoms with Crippen molar-refractivity contribution in [1.29, 1.82) is 0 Å². The van der Waals surface area contributed by atoms with Crippen molar-refractivity contribution >= 4 is 49.3 Å². The highest BCUT2D eigenvalue weighted by Crippen LogP contribution is 2.45. The second-order valence-corrected chi connectivity index (χ2v) is 9.18. The SMILES string of the molecule is COc1ccc2nc(N3C(=O)C(O)=C(C(=O)c4cc5ccccc5o4)C3c3ccccc3F)sc2c1. The topological polar surface area (TPSA) is 92.9 Å². The largest absolute Gasteiger partial charge is 0.503 e. The molecule has 0 saturated carbocycles. The number of Topliss-reactive ketones (excluding diaryl/α,β-unsaturated/α-hetero) is 1. The van der Waals surface area contributed by atoms with Gasteiger partial charge in [-0.2, -0.15) is 0 Å². The van der Waals surface area contributed by atoms with Crippen LogP contribution in [0.15, 0.2) is 88.5 Å². The number of ether oxygens (including phenoxy) is 1. The van der Waals surface area contributed by atoms with E-state index in [4.69, 9.17) is 9.15 Å². The molecule has 1 aliphatic heterocycles. The molecule has 36 heavy (non-hydrogen) atoms. The number of aliphatic hydroxyl groups excluding tert-OH is 1. The maximum atomic E-state index is 15.1. The first-order valence-electron chi connectivity index (χ1n) is 10.9. The number of rotatable bonds is 5. The number of benzene rings is 3. The molecule has 178 valence electrons. The normalized spacial score (nSPS) is 15.9. The maximum Gasteiger partial charge on any atom is 0.296 e. The summed E-state index contributed by atoms with van der Waals surface area (Å²) in [7, 11) is 1.54. The molecule has 6 rings (SSSR count). The van der Waals surface area contributed by atoms with Crippen LogP contribution in [0.25, 0.3) is 21.2 Å². The summed E-state index contributed by atoms with van der Waals surface area (Å²) in [4.78, 5) is 32.7. The number of methoxy groups -OCH3 is 1. The smallest absolute Gasteiger partial charge is 0.296 e. The fraction of sp³-hybridized carbons (Fsp3) is 0.0741. The van der Waals surface area contributed by atoms with E-state index in [1.165, 1.54) is 35.6 Å². The number of carbonyl (C=O) groups excluding carboxylic acids is 2. The van der Waals surface area contributed by atoms with Crippen LogP contribution in [0.1, 0.15) is 22.2 Å². The Kier molecular flexibility index (Phi) is 5.08. The number of thiazole rings is 1. The van der Waals surface area contributed by atoms with Crippen LogP contribution in [0.5, 0.6) is 5.75 Å². The number of hydrogen-bond acceptors (Lipinski definition) is 7. The molecule has 3 aromatic carbocycles. The van der Waals surface area contributed by atoms with Gasteiger partial charge in [-0.1, -0.05) is 47.7 Å². The van der Waals surface area contributed by atoms with Gasteiger partial charge in [0.2, 0.25) is 5.78 Å². The molecule has 3 heterocycles. The van der Waals surface area contributed by atoms with E-state index in [0.29, 0.717) is 22.2 Å². The van der Waals surface area contributed by atoms with Gasteiger partial charge in [-0.3, -0.25) is 14.5 Å². The molecular formula is C27H17FN2O5S. The fourth-order valence-electron chi connectivity index (χ4n) is 4.37.